The van der Waals surface area contributed by atoms with Crippen molar-refractivity contribution in [2.24, 2.45) is 0 Å². The molecule has 1 aliphatic rings. The summed E-state index contributed by atoms with van der Waals surface area (Å²) in [6.45, 7) is 4.62. The Bertz CT molecular complexity index is 797. The highest BCUT2D eigenvalue weighted by Gasteiger charge is 2.20. The van der Waals surface area contributed by atoms with Crippen molar-refractivity contribution in [3.63, 3.8) is 0 Å². The zero-order valence-corrected chi connectivity index (χ0v) is 13.4. The maximum Gasteiger partial charge on any atom is 0.134 e. The molecule has 0 aliphatic carbocycles. The summed E-state index contributed by atoms with van der Waals surface area (Å²) in [6.07, 6.45) is 8.82. The Labute approximate surface area is 136 Å². The summed E-state index contributed by atoms with van der Waals surface area (Å²) >= 11 is 0. The van der Waals surface area contributed by atoms with Gasteiger partial charge in [0.15, 0.2) is 0 Å². The fourth-order valence-electron chi connectivity index (χ4n) is 3.42. The molecule has 2 aromatic heterocycles. The molecule has 0 amide bonds. The predicted molar refractivity (Wildman–Crippen MR) is 91.2 cm³/mol. The number of benzene rings is 1. The van der Waals surface area contributed by atoms with Crippen molar-refractivity contribution in [3.05, 3.63) is 48.7 Å². The number of nitrogens with zero attached hydrogens (tertiary/aromatic N) is 3. The van der Waals surface area contributed by atoms with Crippen LogP contribution in [0.1, 0.15) is 25.5 Å². The number of hydrogen-bond donors (Lipinski definition) is 0. The molecule has 0 saturated carbocycles. The van der Waals surface area contributed by atoms with Gasteiger partial charge in [-0.2, -0.15) is 0 Å². The predicted octanol–water partition coefficient (Wildman–Crippen LogP) is 3.92. The van der Waals surface area contributed by atoms with Gasteiger partial charge in [0.25, 0.3) is 0 Å². The first kappa shape index (κ1) is 14.4. The van der Waals surface area contributed by atoms with Gasteiger partial charge in [-0.1, -0.05) is 12.1 Å². The number of hydrogen-bond acceptors (Lipinski definition) is 4. The smallest absolute Gasteiger partial charge is 0.134 e. The standard InChI is InChI=1S/C19H21N3O/c1-14-3-2-7-22(14)8-6-18-9-16-5-4-15(10-19(16)23-18)17-11-20-13-21-12-17/h4-5,9-14H,2-3,6-8H2,1H3. The van der Waals surface area contributed by atoms with Crippen LogP contribution in [0.4, 0.5) is 0 Å². The maximum absolute atomic E-state index is 6.06. The van der Waals surface area contributed by atoms with E-state index in [1.165, 1.54) is 19.4 Å². The Hall–Kier alpha value is -2.20. The first-order chi connectivity index (χ1) is 11.3. The molecule has 1 aromatic carbocycles. The van der Waals surface area contributed by atoms with Crippen molar-refractivity contribution in [1.82, 2.24) is 14.9 Å². The van der Waals surface area contributed by atoms with E-state index in [4.69, 9.17) is 4.42 Å². The third kappa shape index (κ3) is 2.99. The Kier molecular flexibility index (Phi) is 3.83. The van der Waals surface area contributed by atoms with E-state index in [1.807, 2.05) is 12.4 Å². The second-order valence-electron chi connectivity index (χ2n) is 6.37. The Balaban J connectivity index is 1.54. The fraction of sp³-hybridized carbons (Fsp3) is 0.368. The van der Waals surface area contributed by atoms with Gasteiger partial charge < -0.3 is 9.32 Å². The van der Waals surface area contributed by atoms with Crippen LogP contribution >= 0.6 is 0 Å². The molecule has 1 aliphatic heterocycles. The first-order valence-electron chi connectivity index (χ1n) is 8.31. The molecule has 1 atom stereocenters. The van der Waals surface area contributed by atoms with Gasteiger partial charge in [0.05, 0.1) is 0 Å². The van der Waals surface area contributed by atoms with Gasteiger partial charge in [-0.05, 0) is 44.0 Å². The van der Waals surface area contributed by atoms with Crippen molar-refractivity contribution < 1.29 is 4.42 Å². The summed E-state index contributed by atoms with van der Waals surface area (Å²) < 4.78 is 6.06. The monoisotopic (exact) mass is 307 g/mol. The van der Waals surface area contributed by atoms with E-state index in [1.54, 1.807) is 6.33 Å². The molecule has 4 rings (SSSR count). The first-order valence-corrected chi connectivity index (χ1v) is 8.31. The van der Waals surface area contributed by atoms with E-state index in [9.17, 15) is 0 Å². The summed E-state index contributed by atoms with van der Waals surface area (Å²) in [7, 11) is 0. The Morgan fingerprint density at radius 2 is 2.04 bits per heavy atom. The van der Waals surface area contributed by atoms with Gasteiger partial charge in [0.2, 0.25) is 0 Å². The van der Waals surface area contributed by atoms with Gasteiger partial charge in [-0.25, -0.2) is 9.97 Å². The minimum absolute atomic E-state index is 0.712. The van der Waals surface area contributed by atoms with Crippen molar-refractivity contribution in [2.75, 3.05) is 13.1 Å². The molecule has 3 aromatic rings. The van der Waals surface area contributed by atoms with Gasteiger partial charge in [-0.15, -0.1) is 0 Å². The van der Waals surface area contributed by atoms with E-state index >= 15 is 0 Å². The molecule has 23 heavy (non-hydrogen) atoms. The van der Waals surface area contributed by atoms with Crippen LogP contribution in [0.15, 0.2) is 47.4 Å². The van der Waals surface area contributed by atoms with Crippen LogP contribution in [-0.2, 0) is 6.42 Å². The second-order valence-corrected chi connectivity index (χ2v) is 6.37. The summed E-state index contributed by atoms with van der Waals surface area (Å²) in [5, 5.41) is 1.16. The summed E-state index contributed by atoms with van der Waals surface area (Å²) in [5.74, 6) is 1.07. The molecule has 3 heterocycles. The highest BCUT2D eigenvalue weighted by Crippen LogP contribution is 2.26. The van der Waals surface area contributed by atoms with E-state index in [0.29, 0.717) is 6.04 Å². The minimum Gasteiger partial charge on any atom is -0.461 e. The molecule has 4 nitrogen and oxygen atoms in total. The van der Waals surface area contributed by atoms with Gasteiger partial charge >= 0.3 is 0 Å². The zero-order valence-electron chi connectivity index (χ0n) is 13.4. The van der Waals surface area contributed by atoms with Crippen LogP contribution in [0.5, 0.6) is 0 Å². The lowest BCUT2D eigenvalue weighted by atomic mass is 10.1. The van der Waals surface area contributed by atoms with E-state index < -0.39 is 0 Å². The molecular formula is C19H21N3O. The average Bonchev–Trinajstić information content (AvgIpc) is 3.18. The van der Waals surface area contributed by atoms with Gasteiger partial charge in [0.1, 0.15) is 17.7 Å². The fourth-order valence-corrected chi connectivity index (χ4v) is 3.42. The molecule has 1 unspecified atom stereocenters. The molecule has 0 bridgehead atoms. The van der Waals surface area contributed by atoms with Crippen LogP contribution in [0.2, 0.25) is 0 Å². The zero-order chi connectivity index (χ0) is 15.6. The molecule has 0 radical (unpaired) electrons. The quantitative estimate of drug-likeness (QED) is 0.732. The number of rotatable bonds is 4. The van der Waals surface area contributed by atoms with Gasteiger partial charge in [-0.3, -0.25) is 0 Å². The summed E-state index contributed by atoms with van der Waals surface area (Å²) in [5.41, 5.74) is 3.04. The van der Waals surface area contributed by atoms with Crippen molar-refractivity contribution >= 4 is 11.0 Å². The molecule has 4 heteroatoms. The number of fused-ring (bicyclic) bond motifs is 1. The summed E-state index contributed by atoms with van der Waals surface area (Å²) in [4.78, 5) is 10.7. The number of furan rings is 1. The highest BCUT2D eigenvalue weighted by molar-refractivity contribution is 5.83. The van der Waals surface area contributed by atoms with Crippen LogP contribution < -0.4 is 0 Å². The van der Waals surface area contributed by atoms with E-state index in [2.05, 4.69) is 46.1 Å². The van der Waals surface area contributed by atoms with E-state index in [0.717, 1.165) is 40.8 Å². The molecular weight excluding hydrogens is 286 g/mol. The second kappa shape index (κ2) is 6.13. The number of likely N-dealkylation sites (tertiary alicyclic amines) is 1. The maximum atomic E-state index is 6.06. The topological polar surface area (TPSA) is 42.2 Å². The molecule has 0 N–H and O–H groups in total. The van der Waals surface area contributed by atoms with Crippen molar-refractivity contribution in [1.29, 1.82) is 0 Å². The van der Waals surface area contributed by atoms with Gasteiger partial charge in [0, 0.05) is 42.4 Å². The largest absolute Gasteiger partial charge is 0.461 e. The van der Waals surface area contributed by atoms with Crippen LogP contribution in [0.25, 0.3) is 22.1 Å². The Morgan fingerprint density at radius 1 is 1.17 bits per heavy atom. The lowest BCUT2D eigenvalue weighted by molar-refractivity contribution is 0.266. The lowest BCUT2D eigenvalue weighted by Gasteiger charge is -2.19. The minimum atomic E-state index is 0.712. The summed E-state index contributed by atoms with van der Waals surface area (Å²) in [6, 6.07) is 9.17. The van der Waals surface area contributed by atoms with Crippen molar-refractivity contribution in [3.8, 4) is 11.1 Å². The van der Waals surface area contributed by atoms with E-state index in [-0.39, 0.29) is 0 Å². The SMILES string of the molecule is CC1CCCN1CCc1cc2ccc(-c3cncnc3)cc2o1. The van der Waals surface area contributed by atoms with Crippen LogP contribution in [-0.4, -0.2) is 34.0 Å². The average molecular weight is 307 g/mol. The Morgan fingerprint density at radius 3 is 2.83 bits per heavy atom. The lowest BCUT2D eigenvalue weighted by Crippen LogP contribution is -2.28. The molecule has 118 valence electrons. The van der Waals surface area contributed by atoms with Crippen LogP contribution in [0.3, 0.4) is 0 Å². The highest BCUT2D eigenvalue weighted by atomic mass is 16.3. The third-order valence-electron chi connectivity index (χ3n) is 4.80. The van der Waals surface area contributed by atoms with Crippen molar-refractivity contribution in [2.45, 2.75) is 32.2 Å². The molecule has 0 spiro atoms. The third-order valence-corrected chi connectivity index (χ3v) is 4.80. The number of aromatic nitrogens is 2. The molecule has 1 fully saturated rings. The molecule has 1 saturated heterocycles. The van der Waals surface area contributed by atoms with Crippen LogP contribution in [0, 0.1) is 0 Å². The normalized spacial score (nSPS) is 18.7.